The second-order valence-corrected chi connectivity index (χ2v) is 6.58. The molecule has 0 aliphatic carbocycles. The Hall–Kier alpha value is -1.83. The summed E-state index contributed by atoms with van der Waals surface area (Å²) in [6, 6.07) is 4.82. The molecular formula is C16H18FN3O2S. The Morgan fingerprint density at radius 3 is 2.87 bits per heavy atom. The molecule has 2 aromatic rings. The third kappa shape index (κ3) is 3.41. The summed E-state index contributed by atoms with van der Waals surface area (Å²) in [7, 11) is 0. The summed E-state index contributed by atoms with van der Waals surface area (Å²) in [6.45, 7) is 2.68. The van der Waals surface area contributed by atoms with E-state index in [1.807, 2.05) is 5.38 Å². The van der Waals surface area contributed by atoms with Gasteiger partial charge in [0.05, 0.1) is 5.69 Å². The van der Waals surface area contributed by atoms with Gasteiger partial charge in [-0.1, -0.05) is 0 Å². The van der Waals surface area contributed by atoms with E-state index in [4.69, 9.17) is 10.5 Å². The number of carbonyl (C=O) groups excluding carboxylic acids is 1. The molecule has 0 spiro atoms. The molecule has 1 fully saturated rings. The van der Waals surface area contributed by atoms with E-state index in [9.17, 15) is 9.18 Å². The molecule has 23 heavy (non-hydrogen) atoms. The molecule has 2 heterocycles. The number of thiazole rings is 1. The third-order valence-corrected chi connectivity index (χ3v) is 4.77. The molecule has 0 atom stereocenters. The molecule has 1 aromatic carbocycles. The van der Waals surface area contributed by atoms with Crippen LogP contribution in [0.1, 0.15) is 18.4 Å². The summed E-state index contributed by atoms with van der Waals surface area (Å²) in [5.41, 5.74) is 7.32. The number of nitrogens with one attached hydrogen (secondary N) is 1. The number of rotatable bonds is 3. The minimum absolute atomic E-state index is 0.239. The Balaban J connectivity index is 1.74. The zero-order chi connectivity index (χ0) is 16.4. The van der Waals surface area contributed by atoms with Crippen molar-refractivity contribution in [2.75, 3.05) is 18.5 Å². The fraction of sp³-hybridized carbons (Fsp3) is 0.375. The molecule has 0 saturated carbocycles. The number of aryl methyl sites for hydroxylation is 1. The third-order valence-electron chi connectivity index (χ3n) is 4.02. The van der Waals surface area contributed by atoms with Gasteiger partial charge in [-0.2, -0.15) is 0 Å². The van der Waals surface area contributed by atoms with Gasteiger partial charge < -0.3 is 15.8 Å². The smallest absolute Gasteiger partial charge is 0.246 e. The topological polar surface area (TPSA) is 77.2 Å². The van der Waals surface area contributed by atoms with Crippen LogP contribution in [0.25, 0.3) is 11.3 Å². The molecule has 1 saturated heterocycles. The number of benzene rings is 1. The highest BCUT2D eigenvalue weighted by molar-refractivity contribution is 7.14. The van der Waals surface area contributed by atoms with Gasteiger partial charge in [0.15, 0.2) is 5.13 Å². The van der Waals surface area contributed by atoms with E-state index in [0.717, 1.165) is 5.56 Å². The van der Waals surface area contributed by atoms with Crippen LogP contribution in [0, 0.1) is 12.7 Å². The molecular weight excluding hydrogens is 317 g/mol. The maximum atomic E-state index is 13.3. The number of nitrogens with zero attached hydrogens (tertiary/aromatic N) is 1. The van der Waals surface area contributed by atoms with Gasteiger partial charge in [0, 0.05) is 24.2 Å². The van der Waals surface area contributed by atoms with Crippen molar-refractivity contribution in [2.24, 2.45) is 5.73 Å². The highest BCUT2D eigenvalue weighted by Crippen LogP contribution is 2.27. The van der Waals surface area contributed by atoms with Gasteiger partial charge >= 0.3 is 0 Å². The molecule has 5 nitrogen and oxygen atoms in total. The number of nitrogens with two attached hydrogens (primary N) is 1. The van der Waals surface area contributed by atoms with Crippen LogP contribution in [-0.4, -0.2) is 29.6 Å². The number of amides is 1. The Labute approximate surface area is 137 Å². The van der Waals surface area contributed by atoms with E-state index in [2.05, 4.69) is 10.3 Å². The first-order valence-electron chi connectivity index (χ1n) is 7.38. The average Bonchev–Trinajstić information content (AvgIpc) is 2.99. The minimum Gasteiger partial charge on any atom is -0.381 e. The Bertz CT molecular complexity index is 726. The summed E-state index contributed by atoms with van der Waals surface area (Å²) < 4.78 is 18.6. The van der Waals surface area contributed by atoms with Crippen molar-refractivity contribution < 1.29 is 13.9 Å². The van der Waals surface area contributed by atoms with Crippen LogP contribution >= 0.6 is 11.3 Å². The fourth-order valence-corrected chi connectivity index (χ4v) is 3.17. The number of ether oxygens (including phenoxy) is 1. The summed E-state index contributed by atoms with van der Waals surface area (Å²) >= 11 is 1.32. The van der Waals surface area contributed by atoms with Crippen molar-refractivity contribution in [3.8, 4) is 11.3 Å². The van der Waals surface area contributed by atoms with Crippen LogP contribution in [0.5, 0.6) is 0 Å². The monoisotopic (exact) mass is 335 g/mol. The second kappa shape index (κ2) is 6.35. The zero-order valence-electron chi connectivity index (χ0n) is 12.8. The number of carbonyl (C=O) groups is 1. The lowest BCUT2D eigenvalue weighted by molar-refractivity contribution is -0.124. The summed E-state index contributed by atoms with van der Waals surface area (Å²) in [6.07, 6.45) is 0.989. The van der Waals surface area contributed by atoms with Gasteiger partial charge in [-0.25, -0.2) is 9.37 Å². The largest absolute Gasteiger partial charge is 0.381 e. The van der Waals surface area contributed by atoms with Crippen molar-refractivity contribution in [2.45, 2.75) is 25.3 Å². The molecule has 122 valence electrons. The number of anilines is 1. The van der Waals surface area contributed by atoms with Crippen molar-refractivity contribution >= 4 is 22.4 Å². The average molecular weight is 335 g/mol. The molecule has 3 N–H and O–H groups in total. The molecule has 1 aliphatic heterocycles. The molecule has 1 amide bonds. The Morgan fingerprint density at radius 1 is 1.43 bits per heavy atom. The fourth-order valence-electron chi connectivity index (χ4n) is 2.45. The van der Waals surface area contributed by atoms with Crippen LogP contribution in [0.2, 0.25) is 0 Å². The van der Waals surface area contributed by atoms with Crippen LogP contribution in [0.4, 0.5) is 9.52 Å². The van der Waals surface area contributed by atoms with E-state index in [1.54, 1.807) is 19.1 Å². The molecule has 1 aromatic heterocycles. The summed E-state index contributed by atoms with van der Waals surface area (Å²) in [5.74, 6) is -0.487. The molecule has 3 rings (SSSR count). The molecule has 1 aliphatic rings. The standard InChI is InChI=1S/C16H18FN3O2S/c1-10-8-11(2-3-12(10)17)13-9-23-15(19-13)20-14(21)16(18)4-6-22-7-5-16/h2-3,8-9H,4-7,18H2,1H3,(H,19,20,21). The lowest BCUT2D eigenvalue weighted by Crippen LogP contribution is -2.54. The number of halogens is 1. The molecule has 0 unspecified atom stereocenters. The number of hydrogen-bond acceptors (Lipinski definition) is 5. The van der Waals surface area contributed by atoms with Crippen molar-refractivity contribution in [1.29, 1.82) is 0 Å². The van der Waals surface area contributed by atoms with Crippen LogP contribution in [-0.2, 0) is 9.53 Å². The maximum absolute atomic E-state index is 13.3. The van der Waals surface area contributed by atoms with Crippen LogP contribution < -0.4 is 11.1 Å². The maximum Gasteiger partial charge on any atom is 0.246 e. The minimum atomic E-state index is -0.906. The Morgan fingerprint density at radius 2 is 2.17 bits per heavy atom. The molecule has 7 heteroatoms. The summed E-state index contributed by atoms with van der Waals surface area (Å²) in [5, 5.41) is 5.10. The first kappa shape index (κ1) is 16.0. The van der Waals surface area contributed by atoms with E-state index in [1.165, 1.54) is 17.4 Å². The molecule has 0 bridgehead atoms. The predicted octanol–water partition coefficient (Wildman–Crippen LogP) is 2.70. The predicted molar refractivity (Wildman–Crippen MR) is 87.8 cm³/mol. The quantitative estimate of drug-likeness (QED) is 0.904. The first-order chi connectivity index (χ1) is 11.0. The van der Waals surface area contributed by atoms with Crippen molar-refractivity contribution in [1.82, 2.24) is 4.98 Å². The first-order valence-corrected chi connectivity index (χ1v) is 8.26. The van der Waals surface area contributed by atoms with Crippen molar-refractivity contribution in [3.63, 3.8) is 0 Å². The highest BCUT2D eigenvalue weighted by atomic mass is 32.1. The van der Waals surface area contributed by atoms with Gasteiger partial charge in [0.25, 0.3) is 0 Å². The second-order valence-electron chi connectivity index (χ2n) is 5.72. The van der Waals surface area contributed by atoms with E-state index >= 15 is 0 Å². The lowest BCUT2D eigenvalue weighted by atomic mass is 9.90. The van der Waals surface area contributed by atoms with Gasteiger partial charge in [0.2, 0.25) is 5.91 Å². The normalized spacial score (nSPS) is 17.0. The summed E-state index contributed by atoms with van der Waals surface area (Å²) in [4.78, 5) is 16.8. The van der Waals surface area contributed by atoms with Crippen LogP contribution in [0.3, 0.4) is 0 Å². The zero-order valence-corrected chi connectivity index (χ0v) is 13.6. The van der Waals surface area contributed by atoms with E-state index < -0.39 is 5.54 Å². The van der Waals surface area contributed by atoms with Gasteiger partial charge in [-0.05, 0) is 43.5 Å². The molecule has 0 radical (unpaired) electrons. The SMILES string of the molecule is Cc1cc(-c2csc(NC(=O)C3(N)CCOCC3)n2)ccc1F. The van der Waals surface area contributed by atoms with E-state index in [0.29, 0.717) is 42.4 Å². The lowest BCUT2D eigenvalue weighted by Gasteiger charge is -2.31. The van der Waals surface area contributed by atoms with E-state index in [-0.39, 0.29) is 11.7 Å². The van der Waals surface area contributed by atoms with Crippen molar-refractivity contribution in [3.05, 3.63) is 35.0 Å². The highest BCUT2D eigenvalue weighted by Gasteiger charge is 2.36. The number of hydrogen-bond donors (Lipinski definition) is 2. The van der Waals surface area contributed by atoms with Gasteiger partial charge in [0.1, 0.15) is 11.4 Å². The van der Waals surface area contributed by atoms with Crippen LogP contribution in [0.15, 0.2) is 23.6 Å². The Kier molecular flexibility index (Phi) is 4.43. The van der Waals surface area contributed by atoms with Gasteiger partial charge in [-0.15, -0.1) is 11.3 Å². The van der Waals surface area contributed by atoms with Gasteiger partial charge in [-0.3, -0.25) is 4.79 Å². The number of aromatic nitrogens is 1.